The van der Waals surface area contributed by atoms with Crippen molar-refractivity contribution in [2.45, 2.75) is 11.6 Å². The number of halogens is 2. The maximum Gasteiger partial charge on any atom is 0.195 e. The Kier molecular flexibility index (Phi) is 4.50. The van der Waals surface area contributed by atoms with E-state index in [9.17, 15) is 0 Å². The Morgan fingerprint density at radius 3 is 2.72 bits per heavy atom. The van der Waals surface area contributed by atoms with Crippen LogP contribution in [0, 0.1) is 0 Å². The molecule has 0 amide bonds. The molecule has 4 nitrogen and oxygen atoms in total. The largest absolute Gasteiger partial charge is 0.396 e. The molecule has 2 rings (SSSR count). The van der Waals surface area contributed by atoms with E-state index in [0.29, 0.717) is 22.3 Å². The predicted octanol–water partition coefficient (Wildman–Crippen LogP) is 2.83. The number of thioether (sulfide) groups is 1. The van der Waals surface area contributed by atoms with Crippen LogP contribution in [0.5, 0.6) is 0 Å². The van der Waals surface area contributed by atoms with Gasteiger partial charge in [-0.3, -0.25) is 4.57 Å². The Hall–Kier alpha value is -0.750. The third-order valence-corrected chi connectivity index (χ3v) is 3.54. The summed E-state index contributed by atoms with van der Waals surface area (Å²) in [5, 5.41) is 19.0. The lowest BCUT2D eigenvalue weighted by molar-refractivity contribution is 0.295. The second-order valence-corrected chi connectivity index (χ2v) is 5.12. The van der Waals surface area contributed by atoms with E-state index in [4.69, 9.17) is 28.3 Å². The fourth-order valence-corrected chi connectivity index (χ4v) is 2.60. The molecule has 0 aliphatic carbocycles. The lowest BCUT2D eigenvalue weighted by Gasteiger charge is -2.10. The molecule has 0 spiro atoms. The Morgan fingerprint density at radius 1 is 1.33 bits per heavy atom. The highest BCUT2D eigenvalue weighted by atomic mass is 35.5. The molecule has 0 bridgehead atoms. The minimum atomic E-state index is 0.0116. The molecule has 0 radical (unpaired) electrons. The molecule has 0 aliphatic rings. The fourth-order valence-electron chi connectivity index (χ4n) is 1.60. The van der Waals surface area contributed by atoms with E-state index in [1.165, 1.54) is 11.8 Å². The van der Waals surface area contributed by atoms with Gasteiger partial charge in [0.05, 0.1) is 17.3 Å². The van der Waals surface area contributed by atoms with Crippen molar-refractivity contribution in [3.63, 3.8) is 0 Å². The molecule has 0 atom stereocenters. The topological polar surface area (TPSA) is 50.9 Å². The predicted molar refractivity (Wildman–Crippen MR) is 73.9 cm³/mol. The summed E-state index contributed by atoms with van der Waals surface area (Å²) in [5.41, 5.74) is 0.763. The standard InChI is InChI=1S/C11H11Cl2N3OS/c1-18-11-15-14-10(4-5-17)16(11)9-3-2-7(12)6-8(9)13/h2-3,6,17H,4-5H2,1H3. The van der Waals surface area contributed by atoms with Crippen LogP contribution < -0.4 is 0 Å². The number of hydrogen-bond acceptors (Lipinski definition) is 4. The second-order valence-electron chi connectivity index (χ2n) is 3.51. The third kappa shape index (κ3) is 2.64. The Labute approximate surface area is 119 Å². The smallest absolute Gasteiger partial charge is 0.195 e. The molecule has 0 unspecified atom stereocenters. The molecule has 96 valence electrons. The zero-order valence-corrected chi connectivity index (χ0v) is 11.9. The molecule has 1 N–H and O–H groups in total. The Morgan fingerprint density at radius 2 is 2.11 bits per heavy atom. The monoisotopic (exact) mass is 303 g/mol. The number of aliphatic hydroxyl groups is 1. The van der Waals surface area contributed by atoms with Crippen LogP contribution in [0.2, 0.25) is 10.0 Å². The van der Waals surface area contributed by atoms with Crippen molar-refractivity contribution in [3.05, 3.63) is 34.1 Å². The minimum absolute atomic E-state index is 0.0116. The first-order chi connectivity index (χ1) is 8.67. The van der Waals surface area contributed by atoms with Gasteiger partial charge in [-0.2, -0.15) is 0 Å². The van der Waals surface area contributed by atoms with Crippen molar-refractivity contribution in [2.75, 3.05) is 12.9 Å². The van der Waals surface area contributed by atoms with Gasteiger partial charge in [-0.1, -0.05) is 35.0 Å². The van der Waals surface area contributed by atoms with E-state index in [1.54, 1.807) is 12.1 Å². The van der Waals surface area contributed by atoms with Gasteiger partial charge in [0.25, 0.3) is 0 Å². The average Bonchev–Trinajstić information content (AvgIpc) is 2.73. The van der Waals surface area contributed by atoms with Gasteiger partial charge in [-0.15, -0.1) is 10.2 Å². The maximum atomic E-state index is 9.04. The van der Waals surface area contributed by atoms with Crippen LogP contribution in [0.25, 0.3) is 5.69 Å². The van der Waals surface area contributed by atoms with Crippen LogP contribution >= 0.6 is 35.0 Å². The number of hydrogen-bond donors (Lipinski definition) is 1. The lowest BCUT2D eigenvalue weighted by Crippen LogP contribution is -2.05. The number of benzene rings is 1. The number of aliphatic hydroxyl groups excluding tert-OH is 1. The molecule has 1 heterocycles. The van der Waals surface area contributed by atoms with Crippen LogP contribution in [0.15, 0.2) is 23.4 Å². The quantitative estimate of drug-likeness (QED) is 0.883. The third-order valence-electron chi connectivity index (χ3n) is 2.37. The summed E-state index contributed by atoms with van der Waals surface area (Å²) in [6, 6.07) is 5.25. The van der Waals surface area contributed by atoms with E-state index in [0.717, 1.165) is 10.8 Å². The molecule has 0 saturated carbocycles. The molecule has 0 fully saturated rings. The van der Waals surface area contributed by atoms with Gasteiger partial charge in [0.2, 0.25) is 0 Å². The molecule has 18 heavy (non-hydrogen) atoms. The minimum Gasteiger partial charge on any atom is -0.396 e. The van der Waals surface area contributed by atoms with Crippen LogP contribution in [0.4, 0.5) is 0 Å². The molecule has 0 saturated heterocycles. The summed E-state index contributed by atoms with van der Waals surface area (Å²) in [6.45, 7) is 0.0116. The van der Waals surface area contributed by atoms with Gasteiger partial charge in [-0.05, 0) is 24.5 Å². The molecular formula is C11H11Cl2N3OS. The summed E-state index contributed by atoms with van der Waals surface area (Å²) >= 11 is 13.5. The number of nitrogens with zero attached hydrogens (tertiary/aromatic N) is 3. The van der Waals surface area contributed by atoms with E-state index in [2.05, 4.69) is 10.2 Å². The molecule has 0 aliphatic heterocycles. The number of rotatable bonds is 4. The summed E-state index contributed by atoms with van der Waals surface area (Å²) < 4.78 is 1.83. The van der Waals surface area contributed by atoms with Crippen LogP contribution in [-0.4, -0.2) is 32.7 Å². The van der Waals surface area contributed by atoms with Crippen LogP contribution in [-0.2, 0) is 6.42 Å². The summed E-state index contributed by atoms with van der Waals surface area (Å²) in [4.78, 5) is 0. The van der Waals surface area contributed by atoms with E-state index >= 15 is 0 Å². The Balaban J connectivity index is 2.57. The Bertz CT molecular complexity index is 559. The highest BCUT2D eigenvalue weighted by Crippen LogP contribution is 2.28. The molecule has 2 aromatic rings. The van der Waals surface area contributed by atoms with E-state index in [1.807, 2.05) is 16.9 Å². The molecule has 7 heteroatoms. The maximum absolute atomic E-state index is 9.04. The first-order valence-electron chi connectivity index (χ1n) is 5.22. The van der Waals surface area contributed by atoms with E-state index in [-0.39, 0.29) is 6.61 Å². The van der Waals surface area contributed by atoms with Crippen molar-refractivity contribution in [1.29, 1.82) is 0 Å². The fraction of sp³-hybridized carbons (Fsp3) is 0.273. The second kappa shape index (κ2) is 5.93. The van der Waals surface area contributed by atoms with Crippen molar-refractivity contribution >= 4 is 35.0 Å². The van der Waals surface area contributed by atoms with Crippen LogP contribution in [0.3, 0.4) is 0 Å². The summed E-state index contributed by atoms with van der Waals surface area (Å²) in [6.07, 6.45) is 2.33. The first-order valence-corrected chi connectivity index (χ1v) is 7.20. The highest BCUT2D eigenvalue weighted by Gasteiger charge is 2.15. The zero-order chi connectivity index (χ0) is 13.1. The van der Waals surface area contributed by atoms with Crippen molar-refractivity contribution in [1.82, 2.24) is 14.8 Å². The van der Waals surface area contributed by atoms with Gasteiger partial charge in [0.15, 0.2) is 5.16 Å². The van der Waals surface area contributed by atoms with Crippen molar-refractivity contribution in [3.8, 4) is 5.69 Å². The van der Waals surface area contributed by atoms with Gasteiger partial charge < -0.3 is 5.11 Å². The summed E-state index contributed by atoms with van der Waals surface area (Å²) in [5.74, 6) is 0.672. The normalized spacial score (nSPS) is 10.9. The molecular weight excluding hydrogens is 293 g/mol. The van der Waals surface area contributed by atoms with Gasteiger partial charge in [0, 0.05) is 11.4 Å². The van der Waals surface area contributed by atoms with Gasteiger partial charge >= 0.3 is 0 Å². The van der Waals surface area contributed by atoms with Gasteiger partial charge in [0.1, 0.15) is 5.82 Å². The molecule has 1 aromatic heterocycles. The van der Waals surface area contributed by atoms with Crippen LogP contribution in [0.1, 0.15) is 5.82 Å². The van der Waals surface area contributed by atoms with Crippen molar-refractivity contribution in [2.24, 2.45) is 0 Å². The van der Waals surface area contributed by atoms with Gasteiger partial charge in [-0.25, -0.2) is 0 Å². The zero-order valence-electron chi connectivity index (χ0n) is 9.60. The van der Waals surface area contributed by atoms with Crippen molar-refractivity contribution < 1.29 is 5.11 Å². The first kappa shape index (κ1) is 13.7. The number of aromatic nitrogens is 3. The lowest BCUT2D eigenvalue weighted by atomic mass is 10.3. The SMILES string of the molecule is CSc1nnc(CCO)n1-c1ccc(Cl)cc1Cl. The summed E-state index contributed by atoms with van der Waals surface area (Å²) in [7, 11) is 0. The van der Waals surface area contributed by atoms with E-state index < -0.39 is 0 Å². The molecule has 1 aromatic carbocycles. The average molecular weight is 304 g/mol. The highest BCUT2D eigenvalue weighted by molar-refractivity contribution is 7.98.